The van der Waals surface area contributed by atoms with E-state index in [9.17, 15) is 0 Å². The number of piperidine rings is 1. The first-order chi connectivity index (χ1) is 8.78. The molecule has 3 heteroatoms. The molecule has 18 heavy (non-hydrogen) atoms. The van der Waals surface area contributed by atoms with Crippen molar-refractivity contribution in [2.75, 3.05) is 6.54 Å². The molecule has 2 aliphatic heterocycles. The Labute approximate surface area is 114 Å². The van der Waals surface area contributed by atoms with E-state index in [1.165, 1.54) is 37.8 Å². The average molecular weight is 264 g/mol. The first-order valence-corrected chi connectivity index (χ1v) is 8.23. The third kappa shape index (κ3) is 2.36. The van der Waals surface area contributed by atoms with Crippen LogP contribution in [0.2, 0.25) is 0 Å². The summed E-state index contributed by atoms with van der Waals surface area (Å²) in [6.45, 7) is 6.78. The smallest absolute Gasteiger partial charge is 0.0250 e. The number of aryl methyl sites for hydroxylation is 1. The third-order valence-corrected chi connectivity index (χ3v) is 5.60. The number of fused-ring (bicyclic) bond motifs is 2. The summed E-state index contributed by atoms with van der Waals surface area (Å²) in [7, 11) is 0. The minimum atomic E-state index is 0.771. The van der Waals surface area contributed by atoms with Gasteiger partial charge in [-0.25, -0.2) is 0 Å². The van der Waals surface area contributed by atoms with Crippen LogP contribution in [0, 0.1) is 6.92 Å². The molecule has 2 bridgehead atoms. The first-order valence-electron chi connectivity index (χ1n) is 7.28. The fourth-order valence-corrected chi connectivity index (χ4v) is 4.58. The van der Waals surface area contributed by atoms with Crippen molar-refractivity contribution in [1.29, 1.82) is 0 Å². The summed E-state index contributed by atoms with van der Waals surface area (Å²) in [6.07, 6.45) is 5.53. The molecule has 1 N–H and O–H groups in total. The maximum Gasteiger partial charge on any atom is 0.0250 e. The number of thiophene rings is 1. The van der Waals surface area contributed by atoms with Gasteiger partial charge in [0, 0.05) is 24.7 Å². The van der Waals surface area contributed by atoms with Crippen LogP contribution < -0.4 is 5.32 Å². The van der Waals surface area contributed by atoms with Crippen LogP contribution in [0.1, 0.15) is 43.7 Å². The highest BCUT2D eigenvalue weighted by Crippen LogP contribution is 2.37. The number of hydrogen-bond acceptors (Lipinski definition) is 3. The van der Waals surface area contributed by atoms with Crippen molar-refractivity contribution < 1.29 is 0 Å². The molecule has 0 amide bonds. The van der Waals surface area contributed by atoms with Crippen LogP contribution in [0.3, 0.4) is 0 Å². The van der Waals surface area contributed by atoms with E-state index in [0.717, 1.165) is 24.7 Å². The van der Waals surface area contributed by atoms with Crippen molar-refractivity contribution in [3.05, 3.63) is 21.9 Å². The fourth-order valence-electron chi connectivity index (χ4n) is 3.73. The molecule has 1 aromatic rings. The zero-order valence-corrected chi connectivity index (χ0v) is 12.3. The lowest BCUT2D eigenvalue weighted by atomic mass is 9.96. The summed E-state index contributed by atoms with van der Waals surface area (Å²) in [6, 6.07) is 2.42. The Kier molecular flexibility index (Phi) is 3.73. The summed E-state index contributed by atoms with van der Waals surface area (Å²) in [5.74, 6) is 0. The molecule has 2 unspecified atom stereocenters. The lowest BCUT2D eigenvalue weighted by Gasteiger charge is -2.39. The van der Waals surface area contributed by atoms with Crippen LogP contribution in [0.4, 0.5) is 0 Å². The lowest BCUT2D eigenvalue weighted by molar-refractivity contribution is 0.110. The summed E-state index contributed by atoms with van der Waals surface area (Å²) in [5.41, 5.74) is 3.03. The van der Waals surface area contributed by atoms with Gasteiger partial charge < -0.3 is 5.32 Å². The topological polar surface area (TPSA) is 15.3 Å². The maximum atomic E-state index is 3.65. The highest BCUT2D eigenvalue weighted by Gasteiger charge is 2.40. The Morgan fingerprint density at radius 3 is 2.56 bits per heavy atom. The van der Waals surface area contributed by atoms with Gasteiger partial charge in [-0.3, -0.25) is 4.90 Å². The van der Waals surface area contributed by atoms with Gasteiger partial charge in [0.1, 0.15) is 0 Å². The van der Waals surface area contributed by atoms with Gasteiger partial charge in [0.15, 0.2) is 0 Å². The quantitative estimate of drug-likeness (QED) is 0.898. The molecule has 0 spiro atoms. The molecule has 2 aliphatic rings. The molecule has 2 atom stereocenters. The Balaban J connectivity index is 1.67. The number of rotatable bonds is 4. The molecular weight excluding hydrogens is 240 g/mol. The Bertz CT molecular complexity index is 387. The molecule has 0 aliphatic carbocycles. The molecule has 2 fully saturated rings. The van der Waals surface area contributed by atoms with Crippen molar-refractivity contribution in [2.24, 2.45) is 0 Å². The largest absolute Gasteiger partial charge is 0.314 e. The van der Waals surface area contributed by atoms with Gasteiger partial charge in [0.2, 0.25) is 0 Å². The summed E-state index contributed by atoms with van der Waals surface area (Å²) >= 11 is 1.85. The second kappa shape index (κ2) is 5.32. The van der Waals surface area contributed by atoms with Crippen molar-refractivity contribution >= 4 is 11.3 Å². The van der Waals surface area contributed by atoms with Crippen LogP contribution >= 0.6 is 11.3 Å². The molecule has 0 radical (unpaired) electrons. The van der Waals surface area contributed by atoms with E-state index in [-0.39, 0.29) is 0 Å². The Hall–Kier alpha value is -0.380. The van der Waals surface area contributed by atoms with Crippen LogP contribution in [-0.4, -0.2) is 29.6 Å². The molecule has 0 aromatic carbocycles. The Morgan fingerprint density at radius 2 is 2.00 bits per heavy atom. The minimum absolute atomic E-state index is 0.771. The van der Waals surface area contributed by atoms with Gasteiger partial charge in [-0.2, -0.15) is 11.3 Å². The van der Waals surface area contributed by atoms with Crippen LogP contribution in [0.15, 0.2) is 10.8 Å². The van der Waals surface area contributed by atoms with E-state index < -0.39 is 0 Å². The van der Waals surface area contributed by atoms with Gasteiger partial charge in [0.05, 0.1) is 0 Å². The molecule has 3 heterocycles. The van der Waals surface area contributed by atoms with E-state index >= 15 is 0 Å². The molecule has 2 saturated heterocycles. The van der Waals surface area contributed by atoms with E-state index in [1.807, 2.05) is 11.3 Å². The molecule has 1 aromatic heterocycles. The van der Waals surface area contributed by atoms with Gasteiger partial charge in [-0.15, -0.1) is 0 Å². The molecule has 3 rings (SSSR count). The average Bonchev–Trinajstić information content (AvgIpc) is 2.84. The van der Waals surface area contributed by atoms with E-state index in [2.05, 4.69) is 34.8 Å². The van der Waals surface area contributed by atoms with Crippen molar-refractivity contribution in [3.8, 4) is 0 Å². The number of hydrogen-bond donors (Lipinski definition) is 1. The van der Waals surface area contributed by atoms with Crippen LogP contribution in [0.25, 0.3) is 0 Å². The standard InChI is InChI=1S/C15H24N2S/c1-3-16-13-6-14-4-5-15(7-13)17(14)8-12-10-18-9-11(12)2/h9-10,13-16H,3-8H2,1-2H3. The van der Waals surface area contributed by atoms with Crippen molar-refractivity contribution in [3.63, 3.8) is 0 Å². The predicted molar refractivity (Wildman–Crippen MR) is 78.1 cm³/mol. The molecule has 0 saturated carbocycles. The highest BCUT2D eigenvalue weighted by molar-refractivity contribution is 7.08. The van der Waals surface area contributed by atoms with E-state index in [4.69, 9.17) is 0 Å². The highest BCUT2D eigenvalue weighted by atomic mass is 32.1. The second-order valence-electron chi connectivity index (χ2n) is 5.86. The third-order valence-electron chi connectivity index (χ3n) is 4.69. The predicted octanol–water partition coefficient (Wildman–Crippen LogP) is 3.16. The summed E-state index contributed by atoms with van der Waals surface area (Å²) < 4.78 is 0. The zero-order chi connectivity index (χ0) is 12.5. The normalized spacial score (nSPS) is 32.0. The van der Waals surface area contributed by atoms with Gasteiger partial charge in [0.25, 0.3) is 0 Å². The molecular formula is C15H24N2S. The molecule has 100 valence electrons. The minimum Gasteiger partial charge on any atom is -0.314 e. The zero-order valence-electron chi connectivity index (χ0n) is 11.5. The van der Waals surface area contributed by atoms with Gasteiger partial charge in [-0.1, -0.05) is 6.92 Å². The van der Waals surface area contributed by atoms with Crippen LogP contribution in [-0.2, 0) is 6.54 Å². The number of nitrogens with one attached hydrogen (secondary N) is 1. The fraction of sp³-hybridized carbons (Fsp3) is 0.733. The van der Waals surface area contributed by atoms with E-state index in [0.29, 0.717) is 0 Å². The first kappa shape index (κ1) is 12.6. The van der Waals surface area contributed by atoms with Gasteiger partial charge in [-0.05, 0) is 61.0 Å². The SMILES string of the molecule is CCNC1CC2CCC(C1)N2Cc1cscc1C. The number of nitrogens with zero attached hydrogens (tertiary/aromatic N) is 1. The van der Waals surface area contributed by atoms with Crippen molar-refractivity contribution in [2.45, 2.75) is 64.2 Å². The molecule has 2 nitrogen and oxygen atoms in total. The Morgan fingerprint density at radius 1 is 1.28 bits per heavy atom. The van der Waals surface area contributed by atoms with E-state index in [1.54, 1.807) is 5.56 Å². The van der Waals surface area contributed by atoms with Gasteiger partial charge >= 0.3 is 0 Å². The summed E-state index contributed by atoms with van der Waals surface area (Å²) in [5, 5.41) is 8.27. The second-order valence-corrected chi connectivity index (χ2v) is 6.61. The maximum absolute atomic E-state index is 3.65. The van der Waals surface area contributed by atoms with Crippen molar-refractivity contribution in [1.82, 2.24) is 10.2 Å². The van der Waals surface area contributed by atoms with Crippen LogP contribution in [0.5, 0.6) is 0 Å². The monoisotopic (exact) mass is 264 g/mol. The summed E-state index contributed by atoms with van der Waals surface area (Å²) in [4.78, 5) is 2.78. The lowest BCUT2D eigenvalue weighted by Crippen LogP contribution is -2.48.